The second-order valence-corrected chi connectivity index (χ2v) is 5.31. The van der Waals surface area contributed by atoms with Crippen molar-refractivity contribution in [3.05, 3.63) is 54.9 Å². The van der Waals surface area contributed by atoms with Crippen LogP contribution in [0.3, 0.4) is 0 Å². The van der Waals surface area contributed by atoms with E-state index in [0.29, 0.717) is 0 Å². The molecule has 102 valence electrons. The van der Waals surface area contributed by atoms with Crippen molar-refractivity contribution >= 4 is 15.8 Å². The van der Waals surface area contributed by atoms with Crippen molar-refractivity contribution in [3.63, 3.8) is 0 Å². The van der Waals surface area contributed by atoms with Gasteiger partial charge in [0.2, 0.25) is 0 Å². The molecule has 0 aliphatic rings. The topological polar surface area (TPSA) is 70.5 Å². The van der Waals surface area contributed by atoms with E-state index >= 15 is 0 Å². The lowest BCUT2D eigenvalue weighted by molar-refractivity contribution is 0.483. The summed E-state index contributed by atoms with van der Waals surface area (Å²) in [6.45, 7) is 0. The van der Waals surface area contributed by atoms with Gasteiger partial charge in [0.15, 0.2) is 0 Å². The number of aromatic nitrogens is 1. The van der Waals surface area contributed by atoms with Crippen LogP contribution in [0.25, 0.3) is 0 Å². The zero-order chi connectivity index (χ0) is 14.3. The van der Waals surface area contributed by atoms with Crippen LogP contribution in [0, 0.1) is 0 Å². The fourth-order valence-electron chi connectivity index (χ4n) is 1.23. The van der Waals surface area contributed by atoms with Gasteiger partial charge in [-0.3, -0.25) is 9.54 Å². The van der Waals surface area contributed by atoms with Crippen molar-refractivity contribution in [1.29, 1.82) is 0 Å². The molecule has 19 heavy (non-hydrogen) atoms. The first kappa shape index (κ1) is 15.1. The van der Waals surface area contributed by atoms with Crippen molar-refractivity contribution in [3.8, 4) is 0 Å². The van der Waals surface area contributed by atoms with Gasteiger partial charge in [-0.25, -0.2) is 0 Å². The predicted molar refractivity (Wildman–Crippen MR) is 74.8 cm³/mol. The van der Waals surface area contributed by atoms with E-state index < -0.39 is 10.1 Å². The van der Waals surface area contributed by atoms with Gasteiger partial charge in [0, 0.05) is 32.2 Å². The SMILES string of the molecule is CN(C)c1ccncc1.O=S(=O)(O)c1ccccc1. The number of anilines is 1. The van der Waals surface area contributed by atoms with Crippen LogP contribution >= 0.6 is 0 Å². The molecule has 1 aromatic heterocycles. The Labute approximate surface area is 113 Å². The van der Waals surface area contributed by atoms with Crippen LogP contribution in [0.1, 0.15) is 0 Å². The van der Waals surface area contributed by atoms with Crippen LogP contribution in [-0.2, 0) is 10.1 Å². The highest BCUT2D eigenvalue weighted by Gasteiger charge is 2.05. The first-order valence-corrected chi connectivity index (χ1v) is 6.95. The number of hydrogen-bond donors (Lipinski definition) is 1. The van der Waals surface area contributed by atoms with E-state index in [2.05, 4.69) is 4.98 Å². The van der Waals surface area contributed by atoms with Crippen molar-refractivity contribution in [2.45, 2.75) is 4.90 Å². The molecule has 2 rings (SSSR count). The van der Waals surface area contributed by atoms with Gasteiger partial charge >= 0.3 is 0 Å². The predicted octanol–water partition coefficient (Wildman–Crippen LogP) is 2.08. The lowest BCUT2D eigenvalue weighted by Crippen LogP contribution is -2.07. The zero-order valence-corrected chi connectivity index (χ0v) is 11.6. The van der Waals surface area contributed by atoms with Gasteiger partial charge in [-0.05, 0) is 24.3 Å². The molecule has 6 heteroatoms. The maximum atomic E-state index is 10.4. The summed E-state index contributed by atoms with van der Waals surface area (Å²) in [4.78, 5) is 5.87. The quantitative estimate of drug-likeness (QED) is 0.853. The Balaban J connectivity index is 0.000000191. The molecule has 0 atom stereocenters. The molecule has 0 unspecified atom stereocenters. The van der Waals surface area contributed by atoms with Crippen molar-refractivity contribution < 1.29 is 13.0 Å². The van der Waals surface area contributed by atoms with E-state index in [0.717, 1.165) is 0 Å². The lowest BCUT2D eigenvalue weighted by atomic mass is 10.4. The van der Waals surface area contributed by atoms with Crippen molar-refractivity contribution in [1.82, 2.24) is 4.98 Å². The Hall–Kier alpha value is -1.92. The second kappa shape index (κ2) is 6.86. The Morgan fingerprint density at radius 3 is 1.84 bits per heavy atom. The molecule has 1 heterocycles. The molecule has 0 amide bonds. The van der Waals surface area contributed by atoms with Gasteiger partial charge in [0.1, 0.15) is 0 Å². The van der Waals surface area contributed by atoms with Gasteiger partial charge in [-0.15, -0.1) is 0 Å². The summed E-state index contributed by atoms with van der Waals surface area (Å²) in [5, 5.41) is 0. The molecule has 5 nitrogen and oxygen atoms in total. The third kappa shape index (κ3) is 5.50. The summed E-state index contributed by atoms with van der Waals surface area (Å²) in [6, 6.07) is 11.4. The van der Waals surface area contributed by atoms with Gasteiger partial charge in [-0.1, -0.05) is 18.2 Å². The highest BCUT2D eigenvalue weighted by atomic mass is 32.2. The van der Waals surface area contributed by atoms with Crippen molar-refractivity contribution in [2.75, 3.05) is 19.0 Å². The summed E-state index contributed by atoms with van der Waals surface area (Å²) in [6.07, 6.45) is 3.57. The van der Waals surface area contributed by atoms with Crippen LogP contribution in [0.4, 0.5) is 5.69 Å². The number of pyridine rings is 1. The van der Waals surface area contributed by atoms with Crippen LogP contribution in [0.15, 0.2) is 59.8 Å². The molecule has 1 aromatic carbocycles. The van der Waals surface area contributed by atoms with E-state index in [9.17, 15) is 8.42 Å². The highest BCUT2D eigenvalue weighted by molar-refractivity contribution is 7.85. The third-order valence-electron chi connectivity index (χ3n) is 2.22. The summed E-state index contributed by atoms with van der Waals surface area (Å²) in [5.41, 5.74) is 1.19. The standard InChI is InChI=1S/C7H10N2.C6H6O3S/c1-9(2)7-3-5-8-6-4-7;7-10(8,9)6-4-2-1-3-5-6/h3-6H,1-2H3;1-5H,(H,7,8,9). The third-order valence-corrected chi connectivity index (χ3v) is 3.09. The Kier molecular flexibility index (Phi) is 5.47. The van der Waals surface area contributed by atoms with Crippen LogP contribution in [0.2, 0.25) is 0 Å². The largest absolute Gasteiger partial charge is 0.378 e. The molecule has 2 aromatic rings. The van der Waals surface area contributed by atoms with E-state index in [-0.39, 0.29) is 4.90 Å². The first-order chi connectivity index (χ1) is 8.91. The molecule has 1 N–H and O–H groups in total. The molecule has 0 aliphatic carbocycles. The highest BCUT2D eigenvalue weighted by Crippen LogP contribution is 2.06. The smallest absolute Gasteiger partial charge is 0.294 e. The monoisotopic (exact) mass is 280 g/mol. The molecule has 0 aliphatic heterocycles. The average Bonchev–Trinajstić information content (AvgIpc) is 2.40. The van der Waals surface area contributed by atoms with E-state index in [1.165, 1.54) is 17.8 Å². The summed E-state index contributed by atoms with van der Waals surface area (Å²) in [5.74, 6) is 0. The fraction of sp³-hybridized carbons (Fsp3) is 0.154. The summed E-state index contributed by atoms with van der Waals surface area (Å²) >= 11 is 0. The minimum Gasteiger partial charge on any atom is -0.378 e. The van der Waals surface area contributed by atoms with Crippen LogP contribution in [-0.4, -0.2) is 32.0 Å². The maximum Gasteiger partial charge on any atom is 0.294 e. The van der Waals surface area contributed by atoms with Gasteiger partial charge in [0.05, 0.1) is 4.90 Å². The number of rotatable bonds is 2. The minimum absolute atomic E-state index is 0.0741. The Morgan fingerprint density at radius 2 is 1.53 bits per heavy atom. The Morgan fingerprint density at radius 1 is 1.00 bits per heavy atom. The minimum atomic E-state index is -4.00. The second-order valence-electron chi connectivity index (χ2n) is 3.89. The molecule has 0 saturated carbocycles. The van der Waals surface area contributed by atoms with E-state index in [1.807, 2.05) is 31.1 Å². The molecular formula is C13H16N2O3S. The maximum absolute atomic E-state index is 10.4. The average molecular weight is 280 g/mol. The fourth-order valence-corrected chi connectivity index (χ4v) is 1.74. The van der Waals surface area contributed by atoms with Crippen LogP contribution < -0.4 is 4.90 Å². The zero-order valence-electron chi connectivity index (χ0n) is 10.8. The number of benzene rings is 1. The van der Waals surface area contributed by atoms with E-state index in [1.54, 1.807) is 30.6 Å². The first-order valence-electron chi connectivity index (χ1n) is 5.51. The lowest BCUT2D eigenvalue weighted by Gasteiger charge is -2.10. The molecule has 0 spiro atoms. The Bertz CT molecular complexity index is 584. The normalized spacial score (nSPS) is 10.3. The van der Waals surface area contributed by atoms with E-state index in [4.69, 9.17) is 4.55 Å². The van der Waals surface area contributed by atoms with Crippen molar-refractivity contribution in [2.24, 2.45) is 0 Å². The van der Waals surface area contributed by atoms with Crippen LogP contribution in [0.5, 0.6) is 0 Å². The van der Waals surface area contributed by atoms with Gasteiger partial charge < -0.3 is 4.90 Å². The molecule has 0 saturated heterocycles. The molecular weight excluding hydrogens is 264 g/mol. The number of nitrogens with zero attached hydrogens (tertiary/aromatic N) is 2. The van der Waals surface area contributed by atoms with Gasteiger partial charge in [-0.2, -0.15) is 8.42 Å². The number of hydrogen-bond acceptors (Lipinski definition) is 4. The summed E-state index contributed by atoms with van der Waals surface area (Å²) < 4.78 is 29.2. The molecule has 0 fully saturated rings. The molecule has 0 bridgehead atoms. The van der Waals surface area contributed by atoms with Gasteiger partial charge in [0.25, 0.3) is 10.1 Å². The summed E-state index contributed by atoms with van der Waals surface area (Å²) in [7, 11) is 0.0157. The molecule has 0 radical (unpaired) electrons.